The summed E-state index contributed by atoms with van der Waals surface area (Å²) < 4.78 is 3.38. The van der Waals surface area contributed by atoms with Crippen LogP contribution >= 0.6 is 0 Å². The van der Waals surface area contributed by atoms with Crippen molar-refractivity contribution < 1.29 is 10.2 Å². The number of aromatic hydroxyl groups is 2. The molecule has 0 bridgehead atoms. The molecule has 0 aromatic carbocycles. The molecule has 0 radical (unpaired) electrons. The maximum atomic E-state index is 10.7. The molecule has 2 heterocycles. The van der Waals surface area contributed by atoms with E-state index >= 15 is 0 Å². The summed E-state index contributed by atoms with van der Waals surface area (Å²) in [6, 6.07) is 2.80. The van der Waals surface area contributed by atoms with Gasteiger partial charge in [0.25, 0.3) is 0 Å². The minimum atomic E-state index is -0.324. The van der Waals surface area contributed by atoms with Crippen molar-refractivity contribution >= 4 is 0 Å². The Balaban J connectivity index is 0.000000200. The molecule has 0 fully saturated rings. The summed E-state index contributed by atoms with van der Waals surface area (Å²) in [6.45, 7) is 3.61. The van der Waals surface area contributed by atoms with Gasteiger partial charge in [0, 0.05) is 50.0 Å². The van der Waals surface area contributed by atoms with Crippen molar-refractivity contribution in [1.82, 2.24) is 9.13 Å². The van der Waals surface area contributed by atoms with Crippen LogP contribution in [0.3, 0.4) is 0 Å². The smallest absolute Gasteiger partial charge is 0.223 e. The Morgan fingerprint density at radius 2 is 1.10 bits per heavy atom. The predicted octanol–water partition coefficient (Wildman–Crippen LogP) is 0.799. The van der Waals surface area contributed by atoms with Crippen molar-refractivity contribution in [2.75, 3.05) is 0 Å². The second kappa shape index (κ2) is 6.10. The lowest BCUT2D eigenvalue weighted by Crippen LogP contribution is -2.05. The normalized spacial score (nSPS) is 9.80. The summed E-state index contributed by atoms with van der Waals surface area (Å²) in [4.78, 5) is 21.5. The molecule has 2 rings (SSSR count). The molecule has 0 aliphatic heterocycles. The number of rotatable bonds is 0. The minimum absolute atomic E-state index is 0.201. The van der Waals surface area contributed by atoms with Crippen LogP contribution in [0.5, 0.6) is 11.5 Å². The van der Waals surface area contributed by atoms with Crippen LogP contribution in [-0.4, -0.2) is 19.3 Å². The van der Waals surface area contributed by atoms with Crippen molar-refractivity contribution in [2.45, 2.75) is 13.8 Å². The highest BCUT2D eigenvalue weighted by molar-refractivity contribution is 5.19. The van der Waals surface area contributed by atoms with Crippen molar-refractivity contribution in [2.24, 2.45) is 14.1 Å². The van der Waals surface area contributed by atoms with Crippen molar-refractivity contribution in [1.29, 1.82) is 0 Å². The first-order chi connectivity index (χ1) is 9.22. The molecule has 2 aromatic rings. The largest absolute Gasteiger partial charge is 0.503 e. The van der Waals surface area contributed by atoms with Gasteiger partial charge in [-0.25, -0.2) is 0 Å². The molecule has 0 saturated heterocycles. The standard InChI is InChI=1S/2C7H9NO2/c2*1-5-3-6(9)7(10)4-8(5)2/h2*3-4,10H,1-2H3. The molecular weight excluding hydrogens is 260 g/mol. The fraction of sp³-hybridized carbons (Fsp3) is 0.286. The molecule has 2 aromatic heterocycles. The summed E-state index contributed by atoms with van der Waals surface area (Å²) in [5.74, 6) is -0.402. The molecule has 0 spiro atoms. The van der Waals surface area contributed by atoms with E-state index in [0.29, 0.717) is 0 Å². The summed E-state index contributed by atoms with van der Waals surface area (Å²) >= 11 is 0. The Morgan fingerprint density at radius 3 is 1.35 bits per heavy atom. The Labute approximate surface area is 116 Å². The monoisotopic (exact) mass is 278 g/mol. The predicted molar refractivity (Wildman–Crippen MR) is 76.2 cm³/mol. The zero-order chi connectivity index (χ0) is 15.4. The first kappa shape index (κ1) is 15.6. The van der Waals surface area contributed by atoms with Gasteiger partial charge < -0.3 is 19.3 Å². The third-order valence-corrected chi connectivity index (χ3v) is 2.93. The lowest BCUT2D eigenvalue weighted by Gasteiger charge is -2.01. The number of aromatic nitrogens is 2. The summed E-state index contributed by atoms with van der Waals surface area (Å²) in [6.07, 6.45) is 2.80. The van der Waals surface area contributed by atoms with Crippen LogP contribution in [-0.2, 0) is 14.1 Å². The number of nitrogens with zero attached hydrogens (tertiary/aromatic N) is 2. The van der Waals surface area contributed by atoms with Crippen LogP contribution in [0.1, 0.15) is 11.4 Å². The third kappa shape index (κ3) is 3.74. The fourth-order valence-corrected chi connectivity index (χ4v) is 1.43. The van der Waals surface area contributed by atoms with Gasteiger partial charge in [0.2, 0.25) is 10.9 Å². The Morgan fingerprint density at radius 1 is 0.800 bits per heavy atom. The molecule has 6 heteroatoms. The van der Waals surface area contributed by atoms with E-state index in [4.69, 9.17) is 10.2 Å². The highest BCUT2D eigenvalue weighted by atomic mass is 16.3. The minimum Gasteiger partial charge on any atom is -0.503 e. The quantitative estimate of drug-likeness (QED) is 0.746. The molecule has 0 amide bonds. The topological polar surface area (TPSA) is 84.5 Å². The summed E-state index contributed by atoms with van der Waals surface area (Å²) in [5, 5.41) is 17.8. The lowest BCUT2D eigenvalue weighted by molar-refractivity contribution is 0.462. The van der Waals surface area contributed by atoms with Gasteiger partial charge in [-0.15, -0.1) is 0 Å². The number of pyridine rings is 2. The first-order valence-corrected chi connectivity index (χ1v) is 5.95. The van der Waals surface area contributed by atoms with Crippen molar-refractivity contribution in [3.05, 3.63) is 56.4 Å². The van der Waals surface area contributed by atoms with Crippen LogP contribution in [0.25, 0.3) is 0 Å². The SMILES string of the molecule is Cc1cc(=O)c(O)cn1C.Cc1cc(=O)c(O)cn1C. The molecule has 20 heavy (non-hydrogen) atoms. The molecule has 2 N–H and O–H groups in total. The molecular formula is C14H18N2O4. The number of hydrogen-bond acceptors (Lipinski definition) is 4. The van der Waals surface area contributed by atoms with Gasteiger partial charge in [-0.2, -0.15) is 0 Å². The zero-order valence-electron chi connectivity index (χ0n) is 11.9. The van der Waals surface area contributed by atoms with Gasteiger partial charge >= 0.3 is 0 Å². The second-order valence-electron chi connectivity index (χ2n) is 4.55. The maximum Gasteiger partial charge on any atom is 0.223 e. The third-order valence-electron chi connectivity index (χ3n) is 2.93. The van der Waals surface area contributed by atoms with Crippen LogP contribution in [0.2, 0.25) is 0 Å². The molecule has 0 unspecified atom stereocenters. The number of hydrogen-bond donors (Lipinski definition) is 2. The second-order valence-corrected chi connectivity index (χ2v) is 4.55. The van der Waals surface area contributed by atoms with Crippen LogP contribution in [0.4, 0.5) is 0 Å². The van der Waals surface area contributed by atoms with Crippen molar-refractivity contribution in [3.8, 4) is 11.5 Å². The average Bonchev–Trinajstić information content (AvgIpc) is 2.35. The molecule has 0 atom stereocenters. The molecule has 0 aliphatic carbocycles. The van der Waals surface area contributed by atoms with E-state index in [1.807, 2.05) is 0 Å². The van der Waals surface area contributed by atoms with Crippen LogP contribution in [0, 0.1) is 13.8 Å². The Hall–Kier alpha value is -2.50. The van der Waals surface area contributed by atoms with Gasteiger partial charge in [0.15, 0.2) is 11.5 Å². The van der Waals surface area contributed by atoms with Gasteiger partial charge in [-0.1, -0.05) is 0 Å². The van der Waals surface area contributed by atoms with E-state index in [9.17, 15) is 9.59 Å². The van der Waals surface area contributed by atoms with Gasteiger partial charge in [0.05, 0.1) is 0 Å². The van der Waals surface area contributed by atoms with E-state index in [1.165, 1.54) is 24.5 Å². The average molecular weight is 278 g/mol. The molecule has 6 nitrogen and oxygen atoms in total. The van der Waals surface area contributed by atoms with E-state index < -0.39 is 0 Å². The molecule has 0 aliphatic rings. The van der Waals surface area contributed by atoms with Gasteiger partial charge in [-0.05, 0) is 13.8 Å². The Kier molecular flexibility index (Phi) is 4.74. The van der Waals surface area contributed by atoms with Crippen molar-refractivity contribution in [3.63, 3.8) is 0 Å². The van der Waals surface area contributed by atoms with E-state index in [2.05, 4.69) is 0 Å². The summed E-state index contributed by atoms with van der Waals surface area (Å²) in [7, 11) is 3.54. The number of aryl methyl sites for hydroxylation is 4. The molecule has 0 saturated carbocycles. The van der Waals surface area contributed by atoms with Gasteiger partial charge in [0.1, 0.15) is 0 Å². The van der Waals surface area contributed by atoms with Crippen LogP contribution in [0.15, 0.2) is 34.1 Å². The fourth-order valence-electron chi connectivity index (χ4n) is 1.43. The van der Waals surface area contributed by atoms with Gasteiger partial charge in [-0.3, -0.25) is 9.59 Å². The van der Waals surface area contributed by atoms with E-state index in [0.717, 1.165) is 11.4 Å². The Bertz CT molecular complexity index is 665. The van der Waals surface area contributed by atoms with E-state index in [-0.39, 0.29) is 22.4 Å². The summed E-state index contributed by atoms with van der Waals surface area (Å²) in [5.41, 5.74) is 1.02. The first-order valence-electron chi connectivity index (χ1n) is 5.95. The highest BCUT2D eigenvalue weighted by Gasteiger charge is 1.97. The zero-order valence-corrected chi connectivity index (χ0v) is 11.9. The lowest BCUT2D eigenvalue weighted by atomic mass is 10.3. The highest BCUT2D eigenvalue weighted by Crippen LogP contribution is 2.01. The van der Waals surface area contributed by atoms with E-state index in [1.54, 1.807) is 37.1 Å². The van der Waals surface area contributed by atoms with Crippen LogP contribution < -0.4 is 10.9 Å². The maximum absolute atomic E-state index is 10.7. The molecule has 108 valence electrons.